The Bertz CT molecular complexity index is 2250. The van der Waals surface area contributed by atoms with Gasteiger partial charge >= 0.3 is 0 Å². The minimum absolute atomic E-state index is 0.341. The smallest absolute Gasteiger partial charge is 0.0400 e. The predicted molar refractivity (Wildman–Crippen MR) is 231 cm³/mol. The first kappa shape index (κ1) is 35.2. The lowest BCUT2D eigenvalue weighted by Gasteiger charge is -2.44. The van der Waals surface area contributed by atoms with Gasteiger partial charge in [-0.1, -0.05) is 162 Å². The highest BCUT2D eigenvalue weighted by Gasteiger charge is 2.43. The summed E-state index contributed by atoms with van der Waals surface area (Å²) in [6.07, 6.45) is 4.11. The van der Waals surface area contributed by atoms with Crippen molar-refractivity contribution in [2.24, 2.45) is 0 Å². The van der Waals surface area contributed by atoms with Crippen LogP contribution >= 0.6 is 0 Å². The summed E-state index contributed by atoms with van der Waals surface area (Å²) in [5.74, 6) is 0.487. The lowest BCUT2D eigenvalue weighted by Crippen LogP contribution is -2.34. The third-order valence-electron chi connectivity index (χ3n) is 12.0. The summed E-state index contributed by atoms with van der Waals surface area (Å²) in [6, 6.07) is 56.0. The molecule has 1 aliphatic carbocycles. The molecule has 0 unspecified atom stereocenters. The van der Waals surface area contributed by atoms with Gasteiger partial charge in [-0.25, -0.2) is 0 Å². The Kier molecular flexibility index (Phi) is 9.46. The van der Waals surface area contributed by atoms with Gasteiger partial charge in [-0.15, -0.1) is 0 Å². The van der Waals surface area contributed by atoms with E-state index in [1.165, 1.54) is 61.2 Å². The van der Waals surface area contributed by atoms with E-state index in [2.05, 4.69) is 179 Å². The first-order valence-electron chi connectivity index (χ1n) is 19.4. The first-order valence-corrected chi connectivity index (χ1v) is 19.4. The fourth-order valence-electron chi connectivity index (χ4n) is 8.99. The topological polar surface area (TPSA) is 52.0 Å². The van der Waals surface area contributed by atoms with Crippen molar-refractivity contribution in [2.45, 2.75) is 64.7 Å². The van der Waals surface area contributed by atoms with E-state index in [1.807, 2.05) is 0 Å². The number of rotatable bonds is 7. The molecule has 0 bridgehead atoms. The van der Waals surface area contributed by atoms with Gasteiger partial charge in [0.15, 0.2) is 0 Å². The van der Waals surface area contributed by atoms with Gasteiger partial charge in [0.1, 0.15) is 0 Å². The minimum Gasteiger partial charge on any atom is -0.398 e. The van der Waals surface area contributed by atoms with Crippen molar-refractivity contribution in [1.82, 2.24) is 0 Å². The Labute approximate surface area is 321 Å². The van der Waals surface area contributed by atoms with Crippen LogP contribution in [-0.4, -0.2) is 0 Å². The Morgan fingerprint density at radius 3 is 1.07 bits per heavy atom. The molecule has 4 N–H and O–H groups in total. The van der Waals surface area contributed by atoms with Crippen LogP contribution in [0.25, 0.3) is 44.5 Å². The van der Waals surface area contributed by atoms with E-state index in [4.69, 9.17) is 11.5 Å². The average Bonchev–Trinajstić information content (AvgIpc) is 3.19. The van der Waals surface area contributed by atoms with Crippen molar-refractivity contribution in [3.8, 4) is 44.5 Å². The van der Waals surface area contributed by atoms with Crippen LogP contribution in [0.1, 0.15) is 70.5 Å². The molecule has 7 aromatic rings. The summed E-state index contributed by atoms with van der Waals surface area (Å²) in [7, 11) is 0. The van der Waals surface area contributed by atoms with Gasteiger partial charge in [-0.05, 0) is 121 Å². The summed E-state index contributed by atoms with van der Waals surface area (Å²) in [5.41, 5.74) is 33.8. The van der Waals surface area contributed by atoms with Crippen molar-refractivity contribution >= 4 is 11.4 Å². The maximum Gasteiger partial charge on any atom is 0.0400 e. The van der Waals surface area contributed by atoms with Gasteiger partial charge in [-0.2, -0.15) is 0 Å². The molecule has 1 fully saturated rings. The maximum atomic E-state index is 7.09. The Morgan fingerprint density at radius 1 is 0.389 bits per heavy atom. The lowest BCUT2D eigenvalue weighted by atomic mass is 9.59. The normalized spacial score (nSPS) is 14.2. The molecule has 2 heteroatoms. The summed E-state index contributed by atoms with van der Waals surface area (Å²) < 4.78 is 0. The third-order valence-corrected chi connectivity index (χ3v) is 12.0. The van der Waals surface area contributed by atoms with Crippen molar-refractivity contribution in [3.05, 3.63) is 191 Å². The number of anilines is 2. The summed E-state index contributed by atoms with van der Waals surface area (Å²) in [6.45, 7) is 8.60. The molecule has 54 heavy (non-hydrogen) atoms. The Balaban J connectivity index is 1.47. The second-order valence-electron chi connectivity index (χ2n) is 15.6. The van der Waals surface area contributed by atoms with Gasteiger partial charge < -0.3 is 11.5 Å². The molecule has 2 nitrogen and oxygen atoms in total. The standard InChI is InChI=1S/C52H50N2/c1-34-10-18-40(19-11-34)48-44(26-28-46(53)50(48)42-22-14-36(3)15-23-42)52(32-30-39(31-33-52)38-8-6-5-7-9-38)45-27-29-47(54)51(43-24-16-37(4)17-25-43)49(45)41-20-12-35(2)13-21-41/h5-29,39H,30-33,53-54H2,1-4H3. The van der Waals surface area contributed by atoms with Crippen LogP contribution in [0.5, 0.6) is 0 Å². The molecule has 0 radical (unpaired) electrons. The van der Waals surface area contributed by atoms with E-state index in [0.717, 1.165) is 59.3 Å². The van der Waals surface area contributed by atoms with Gasteiger partial charge in [0.25, 0.3) is 0 Å². The van der Waals surface area contributed by atoms with Gasteiger partial charge in [0, 0.05) is 27.9 Å². The molecule has 8 rings (SSSR count). The van der Waals surface area contributed by atoms with E-state index in [1.54, 1.807) is 0 Å². The van der Waals surface area contributed by atoms with Crippen molar-refractivity contribution in [1.29, 1.82) is 0 Å². The first-order chi connectivity index (χ1) is 26.2. The van der Waals surface area contributed by atoms with Crippen LogP contribution in [0.15, 0.2) is 152 Å². The largest absolute Gasteiger partial charge is 0.398 e. The zero-order valence-corrected chi connectivity index (χ0v) is 32.0. The average molecular weight is 703 g/mol. The molecule has 268 valence electrons. The molecule has 7 aromatic carbocycles. The van der Waals surface area contributed by atoms with Crippen LogP contribution in [-0.2, 0) is 5.41 Å². The number of nitrogen functional groups attached to an aromatic ring is 2. The molecule has 0 saturated heterocycles. The predicted octanol–water partition coefficient (Wildman–Crippen LogP) is 13.4. The number of nitrogens with two attached hydrogens (primary N) is 2. The molecule has 0 spiro atoms. The van der Waals surface area contributed by atoms with Crippen molar-refractivity contribution < 1.29 is 0 Å². The van der Waals surface area contributed by atoms with Crippen molar-refractivity contribution in [3.63, 3.8) is 0 Å². The maximum absolute atomic E-state index is 7.09. The van der Waals surface area contributed by atoms with E-state index < -0.39 is 0 Å². The van der Waals surface area contributed by atoms with Crippen molar-refractivity contribution in [2.75, 3.05) is 11.5 Å². The molecule has 0 heterocycles. The SMILES string of the molecule is Cc1ccc(-c2c(N)ccc(C3(c4ccc(N)c(-c5ccc(C)cc5)c4-c4ccc(C)cc4)CCC(c4ccccc4)CC3)c2-c2ccc(C)cc2)cc1. The quantitative estimate of drug-likeness (QED) is 0.162. The fourth-order valence-corrected chi connectivity index (χ4v) is 8.99. The zero-order valence-electron chi connectivity index (χ0n) is 32.0. The molecular formula is C52H50N2. The summed E-state index contributed by atoms with van der Waals surface area (Å²) in [5, 5.41) is 0. The highest BCUT2D eigenvalue weighted by Crippen LogP contribution is 2.57. The molecular weight excluding hydrogens is 653 g/mol. The molecule has 1 saturated carbocycles. The highest BCUT2D eigenvalue weighted by atomic mass is 14.6. The zero-order chi connectivity index (χ0) is 37.4. The lowest BCUT2D eigenvalue weighted by molar-refractivity contribution is 0.316. The van der Waals surface area contributed by atoms with Gasteiger partial charge in [0.05, 0.1) is 0 Å². The van der Waals surface area contributed by atoms with Crippen LogP contribution in [0.2, 0.25) is 0 Å². The van der Waals surface area contributed by atoms with Gasteiger partial charge in [-0.3, -0.25) is 0 Å². The molecule has 0 aromatic heterocycles. The molecule has 0 atom stereocenters. The number of aryl methyl sites for hydroxylation is 4. The van der Waals surface area contributed by atoms with Crippen LogP contribution < -0.4 is 11.5 Å². The number of benzene rings is 7. The summed E-state index contributed by atoms with van der Waals surface area (Å²) in [4.78, 5) is 0. The van der Waals surface area contributed by atoms with Crippen LogP contribution in [0, 0.1) is 27.7 Å². The van der Waals surface area contributed by atoms with E-state index in [9.17, 15) is 0 Å². The Morgan fingerprint density at radius 2 is 0.722 bits per heavy atom. The minimum atomic E-state index is -0.341. The van der Waals surface area contributed by atoms with Crippen LogP contribution in [0.4, 0.5) is 11.4 Å². The molecule has 0 amide bonds. The van der Waals surface area contributed by atoms with E-state index >= 15 is 0 Å². The number of hydrogen-bond donors (Lipinski definition) is 2. The molecule has 1 aliphatic rings. The second-order valence-corrected chi connectivity index (χ2v) is 15.6. The van der Waals surface area contributed by atoms with E-state index in [0.29, 0.717) is 5.92 Å². The number of hydrogen-bond acceptors (Lipinski definition) is 2. The fraction of sp³-hybridized carbons (Fsp3) is 0.192. The highest BCUT2D eigenvalue weighted by molar-refractivity contribution is 5.97. The van der Waals surface area contributed by atoms with Gasteiger partial charge in [0.2, 0.25) is 0 Å². The van der Waals surface area contributed by atoms with E-state index in [-0.39, 0.29) is 5.41 Å². The monoisotopic (exact) mass is 702 g/mol. The summed E-state index contributed by atoms with van der Waals surface area (Å²) >= 11 is 0. The van der Waals surface area contributed by atoms with Crippen LogP contribution in [0.3, 0.4) is 0 Å². The second kappa shape index (κ2) is 14.5. The third kappa shape index (κ3) is 6.51. The molecule has 0 aliphatic heterocycles. The Hall–Kier alpha value is -5.86.